The molecule has 7 N–H and O–H groups in total. The molecule has 0 radical (unpaired) electrons. The minimum atomic E-state index is -1.13. The molecule has 14 nitrogen and oxygen atoms in total. The van der Waals surface area contributed by atoms with E-state index < -0.39 is 42.1 Å². The molecular formula is C26H49N5O9. The van der Waals surface area contributed by atoms with Gasteiger partial charge in [-0.3, -0.25) is 9.59 Å². The van der Waals surface area contributed by atoms with E-state index in [9.17, 15) is 19.5 Å². The van der Waals surface area contributed by atoms with Crippen molar-refractivity contribution in [1.29, 1.82) is 0 Å². The van der Waals surface area contributed by atoms with E-state index in [0.717, 1.165) is 0 Å². The monoisotopic (exact) mass is 575 g/mol. The Hall–Kier alpha value is -2.68. The van der Waals surface area contributed by atoms with Crippen LogP contribution in [0.4, 0.5) is 4.79 Å². The number of aliphatic carboxylic acids is 1. The van der Waals surface area contributed by atoms with Crippen LogP contribution in [0.5, 0.6) is 0 Å². The Morgan fingerprint density at radius 3 is 1.95 bits per heavy atom. The number of alkyl carbamates (subject to hydrolysis) is 1. The van der Waals surface area contributed by atoms with Gasteiger partial charge in [0.2, 0.25) is 5.91 Å². The average molecular weight is 576 g/mol. The van der Waals surface area contributed by atoms with Crippen LogP contribution in [0.1, 0.15) is 47.0 Å². The van der Waals surface area contributed by atoms with Crippen molar-refractivity contribution in [3.05, 3.63) is 0 Å². The van der Waals surface area contributed by atoms with Crippen molar-refractivity contribution in [2.75, 3.05) is 59.4 Å². The summed E-state index contributed by atoms with van der Waals surface area (Å²) in [4.78, 5) is 41.2. The van der Waals surface area contributed by atoms with Crippen molar-refractivity contribution in [2.45, 2.75) is 65.1 Å². The zero-order chi connectivity index (χ0) is 29.9. The van der Waals surface area contributed by atoms with Crippen molar-refractivity contribution in [1.82, 2.24) is 10.6 Å². The molecule has 0 spiro atoms. The molecule has 14 heteroatoms. The van der Waals surface area contributed by atoms with Gasteiger partial charge in [-0.15, -0.1) is 0 Å². The molecule has 0 aliphatic heterocycles. The van der Waals surface area contributed by atoms with E-state index in [0.29, 0.717) is 59.1 Å². The van der Waals surface area contributed by atoms with E-state index >= 15 is 0 Å². The largest absolute Gasteiger partial charge is 0.481 e. The predicted molar refractivity (Wildman–Crippen MR) is 148 cm³/mol. The van der Waals surface area contributed by atoms with Crippen LogP contribution >= 0.6 is 0 Å². The van der Waals surface area contributed by atoms with Gasteiger partial charge < -0.3 is 50.9 Å². The van der Waals surface area contributed by atoms with Gasteiger partial charge in [0.25, 0.3) is 0 Å². The first-order valence-corrected chi connectivity index (χ1v) is 14.0. The Morgan fingerprint density at radius 2 is 1.48 bits per heavy atom. The smallest absolute Gasteiger partial charge is 0.407 e. The Kier molecular flexibility index (Phi) is 17.9. The molecule has 0 aromatic rings. The van der Waals surface area contributed by atoms with Gasteiger partial charge in [-0.2, -0.15) is 0 Å². The summed E-state index contributed by atoms with van der Waals surface area (Å²) < 4.78 is 27.1. The lowest BCUT2D eigenvalue weighted by Crippen LogP contribution is -2.52. The van der Waals surface area contributed by atoms with Crippen LogP contribution < -0.4 is 22.1 Å². The predicted octanol–water partition coefficient (Wildman–Crippen LogP) is 0.471. The van der Waals surface area contributed by atoms with Gasteiger partial charge in [0.05, 0.1) is 58.2 Å². The van der Waals surface area contributed by atoms with Crippen molar-refractivity contribution in [3.8, 4) is 0 Å². The molecule has 232 valence electrons. The topological polar surface area (TPSA) is 206 Å². The Balaban J connectivity index is 2.68. The minimum Gasteiger partial charge on any atom is -0.481 e. The molecule has 1 rings (SSSR count). The van der Waals surface area contributed by atoms with Gasteiger partial charge in [-0.05, 0) is 19.3 Å². The Bertz CT molecular complexity index is 778. The third kappa shape index (κ3) is 13.1. The summed E-state index contributed by atoms with van der Waals surface area (Å²) in [5, 5.41) is 15.5. The maximum Gasteiger partial charge on any atom is 0.407 e. The normalized spacial score (nSPS) is 21.1. The second-order valence-electron chi connectivity index (χ2n) is 9.51. The zero-order valence-electron chi connectivity index (χ0n) is 24.3. The van der Waals surface area contributed by atoms with E-state index in [2.05, 4.69) is 15.6 Å². The number of aliphatic imine (C=N–C) groups is 1. The van der Waals surface area contributed by atoms with Crippen molar-refractivity contribution in [2.24, 2.45) is 34.2 Å². The lowest BCUT2D eigenvalue weighted by Gasteiger charge is -2.36. The second kappa shape index (κ2) is 20.2. The van der Waals surface area contributed by atoms with Crippen LogP contribution in [0, 0.1) is 17.8 Å². The summed E-state index contributed by atoms with van der Waals surface area (Å²) in [6.45, 7) is 11.0. The first-order chi connectivity index (χ1) is 19.2. The van der Waals surface area contributed by atoms with E-state index in [1.165, 1.54) is 6.92 Å². The standard InChI is InChI=1S/C26H49N5O9/c1-5-18(6-2)22(30-17(4)32)21-20(31-25(27)28)16-19(24(33)34)23(21)40-26(35)29-8-9-37-12-13-39-15-14-38-11-10-36-7-3/h18-23H,5-16H2,1-4H3,(H,29,35)(H,30,32)(H,33,34)(H4,27,28,31)/t19-,20+,21+,22+,23+/m0/s1. The number of carboxylic acids is 1. The molecule has 1 aliphatic rings. The number of carbonyl (C=O) groups excluding carboxylic acids is 2. The first kappa shape index (κ1) is 35.3. The minimum absolute atomic E-state index is 0.00967. The molecule has 1 aliphatic carbocycles. The summed E-state index contributed by atoms with van der Waals surface area (Å²) in [6.07, 6.45) is -0.363. The third-order valence-corrected chi connectivity index (χ3v) is 6.77. The number of carboxylic acid groups (broad SMARTS) is 1. The number of nitrogens with two attached hydrogens (primary N) is 2. The van der Waals surface area contributed by atoms with E-state index in [4.69, 9.17) is 35.2 Å². The molecule has 0 heterocycles. The molecule has 0 unspecified atom stereocenters. The number of ether oxygens (including phenoxy) is 5. The zero-order valence-corrected chi connectivity index (χ0v) is 24.3. The molecule has 1 saturated carbocycles. The maximum absolute atomic E-state index is 12.7. The van der Waals surface area contributed by atoms with E-state index in [1.807, 2.05) is 20.8 Å². The van der Waals surface area contributed by atoms with Crippen molar-refractivity contribution < 1.29 is 43.2 Å². The number of nitrogens with zero attached hydrogens (tertiary/aromatic N) is 1. The number of guanidine groups is 1. The molecule has 0 aromatic carbocycles. The van der Waals surface area contributed by atoms with Crippen molar-refractivity contribution >= 4 is 23.9 Å². The van der Waals surface area contributed by atoms with E-state index in [-0.39, 0.29) is 37.4 Å². The number of rotatable bonds is 21. The SMILES string of the molecule is CCOCCOCCOCCOCCNC(=O)O[C@H]1[C@@H]([C@H](NC(C)=O)C(CC)CC)[C@H](N=C(N)N)C[C@@H]1C(=O)O. The van der Waals surface area contributed by atoms with E-state index in [1.54, 1.807) is 0 Å². The summed E-state index contributed by atoms with van der Waals surface area (Å²) in [7, 11) is 0. The summed E-state index contributed by atoms with van der Waals surface area (Å²) >= 11 is 0. The fourth-order valence-corrected chi connectivity index (χ4v) is 4.97. The van der Waals surface area contributed by atoms with Gasteiger partial charge in [0, 0.05) is 32.0 Å². The Morgan fingerprint density at radius 1 is 0.925 bits per heavy atom. The lowest BCUT2D eigenvalue weighted by atomic mass is 9.80. The fraction of sp³-hybridized carbons (Fsp3) is 0.846. The highest BCUT2D eigenvalue weighted by Crippen LogP contribution is 2.41. The first-order valence-electron chi connectivity index (χ1n) is 14.0. The number of carbonyl (C=O) groups is 3. The average Bonchev–Trinajstić information content (AvgIpc) is 3.23. The highest BCUT2D eigenvalue weighted by molar-refractivity contribution is 5.77. The quantitative estimate of drug-likeness (QED) is 0.0722. The Labute approximate surface area is 236 Å². The van der Waals surface area contributed by atoms with Crippen LogP contribution in [-0.4, -0.2) is 107 Å². The molecule has 2 amide bonds. The molecule has 1 fully saturated rings. The molecule has 0 aromatic heterocycles. The highest BCUT2D eigenvalue weighted by Gasteiger charge is 2.53. The number of nitrogens with one attached hydrogen (secondary N) is 2. The molecular weight excluding hydrogens is 526 g/mol. The fourth-order valence-electron chi connectivity index (χ4n) is 4.97. The number of hydrogen-bond acceptors (Lipinski definition) is 9. The van der Waals surface area contributed by atoms with Gasteiger partial charge in [-0.25, -0.2) is 9.79 Å². The summed E-state index contributed by atoms with van der Waals surface area (Å²) in [5.74, 6) is -3.32. The second-order valence-corrected chi connectivity index (χ2v) is 9.51. The van der Waals surface area contributed by atoms with Gasteiger partial charge in [-0.1, -0.05) is 26.7 Å². The highest BCUT2D eigenvalue weighted by atomic mass is 16.6. The molecule has 5 atom stereocenters. The van der Waals surface area contributed by atoms with Gasteiger partial charge in [0.15, 0.2) is 5.96 Å². The number of hydrogen-bond donors (Lipinski definition) is 5. The van der Waals surface area contributed by atoms with Gasteiger partial charge >= 0.3 is 12.1 Å². The summed E-state index contributed by atoms with van der Waals surface area (Å²) in [6, 6.07) is -1.15. The number of amides is 2. The molecule has 0 bridgehead atoms. The molecule has 0 saturated heterocycles. The van der Waals surface area contributed by atoms with Crippen LogP contribution in [0.25, 0.3) is 0 Å². The lowest BCUT2D eigenvalue weighted by molar-refractivity contribution is -0.145. The third-order valence-electron chi connectivity index (χ3n) is 6.77. The van der Waals surface area contributed by atoms with Crippen molar-refractivity contribution in [3.63, 3.8) is 0 Å². The van der Waals surface area contributed by atoms with Crippen LogP contribution in [0.2, 0.25) is 0 Å². The van der Waals surface area contributed by atoms with Crippen LogP contribution in [0.15, 0.2) is 4.99 Å². The van der Waals surface area contributed by atoms with Crippen LogP contribution in [0.3, 0.4) is 0 Å². The summed E-state index contributed by atoms with van der Waals surface area (Å²) in [5.41, 5.74) is 11.3. The van der Waals surface area contributed by atoms with Crippen LogP contribution in [-0.2, 0) is 33.3 Å². The maximum atomic E-state index is 12.7. The molecule has 40 heavy (non-hydrogen) atoms. The van der Waals surface area contributed by atoms with Gasteiger partial charge in [0.1, 0.15) is 6.10 Å².